The second-order valence-corrected chi connectivity index (χ2v) is 6.51. The van der Waals surface area contributed by atoms with Crippen LogP contribution in [0, 0.1) is 4.91 Å². The lowest BCUT2D eigenvalue weighted by Gasteiger charge is -2.25. The van der Waals surface area contributed by atoms with Crippen molar-refractivity contribution in [3.63, 3.8) is 0 Å². The standard InChI is InChI=1S/C21H30N3O2/c1-3-5-14-23(15-6-4-2)19-12-13-21(24(25)26)20(16-19)22-17-18-10-8-7-9-11-18/h7-13,16,22H,3-6,14-15,17H2,1-2H3,(H,25,26)/q+1. The summed E-state index contributed by atoms with van der Waals surface area (Å²) in [6.45, 7) is 6.96. The van der Waals surface area contributed by atoms with E-state index in [-0.39, 0.29) is 10.6 Å². The molecule has 0 aromatic heterocycles. The summed E-state index contributed by atoms with van der Waals surface area (Å²) in [5, 5.41) is 12.7. The van der Waals surface area contributed by atoms with Crippen molar-refractivity contribution in [2.75, 3.05) is 23.3 Å². The van der Waals surface area contributed by atoms with Gasteiger partial charge in [-0.05, 0) is 30.5 Å². The number of hydrogen-bond acceptors (Lipinski definition) is 3. The smallest absolute Gasteiger partial charge is 0.339 e. The number of anilines is 2. The van der Waals surface area contributed by atoms with Crippen LogP contribution in [0.4, 0.5) is 17.1 Å². The lowest BCUT2D eigenvalue weighted by atomic mass is 10.1. The highest BCUT2D eigenvalue weighted by Crippen LogP contribution is 2.30. The third-order valence-electron chi connectivity index (χ3n) is 4.44. The summed E-state index contributed by atoms with van der Waals surface area (Å²) in [4.78, 5) is 13.8. The van der Waals surface area contributed by atoms with Crippen LogP contribution in [0.1, 0.15) is 45.1 Å². The van der Waals surface area contributed by atoms with Gasteiger partial charge in [0, 0.05) is 31.4 Å². The predicted molar refractivity (Wildman–Crippen MR) is 107 cm³/mol. The molecule has 0 atom stereocenters. The lowest BCUT2D eigenvalue weighted by molar-refractivity contribution is -0.729. The molecule has 0 saturated carbocycles. The van der Waals surface area contributed by atoms with Crippen LogP contribution in [0.2, 0.25) is 0 Å². The number of nitrogens with zero attached hydrogens (tertiary/aromatic N) is 2. The Morgan fingerprint density at radius 1 is 1.00 bits per heavy atom. The minimum atomic E-state index is -0.0699. The zero-order valence-corrected chi connectivity index (χ0v) is 15.8. The number of benzene rings is 2. The molecule has 0 saturated heterocycles. The molecule has 5 heteroatoms. The molecule has 0 aliphatic rings. The molecule has 0 heterocycles. The molecule has 0 amide bonds. The number of nitrogens with one attached hydrogen (secondary N) is 1. The average Bonchev–Trinajstić information content (AvgIpc) is 2.67. The monoisotopic (exact) mass is 356 g/mol. The highest BCUT2D eigenvalue weighted by molar-refractivity contribution is 5.69. The van der Waals surface area contributed by atoms with E-state index in [0.717, 1.165) is 50.0 Å². The molecule has 2 rings (SSSR count). The molecule has 2 N–H and O–H groups in total. The summed E-state index contributed by atoms with van der Waals surface area (Å²) in [5.74, 6) is 0. The summed E-state index contributed by atoms with van der Waals surface area (Å²) in [5.41, 5.74) is 3.07. The van der Waals surface area contributed by atoms with E-state index < -0.39 is 0 Å². The SMILES string of the molecule is CCCCN(CCCC)c1ccc([N+](=O)O)c(NCc2ccccc2)c1. The summed E-state index contributed by atoms with van der Waals surface area (Å²) in [6.07, 6.45) is 4.55. The van der Waals surface area contributed by atoms with Gasteiger partial charge in [-0.3, -0.25) is 0 Å². The number of hydrogen-bond donors (Lipinski definition) is 2. The largest absolute Gasteiger partial charge is 0.375 e. The van der Waals surface area contributed by atoms with Gasteiger partial charge in [-0.15, -0.1) is 0 Å². The molecular formula is C21H30N3O2+. The predicted octanol–water partition coefficient (Wildman–Crippen LogP) is 5.50. The van der Waals surface area contributed by atoms with Gasteiger partial charge in [0.05, 0.1) is 4.91 Å². The van der Waals surface area contributed by atoms with Crippen molar-refractivity contribution in [3.8, 4) is 0 Å². The Hall–Kier alpha value is -2.56. The van der Waals surface area contributed by atoms with Crippen molar-refractivity contribution < 1.29 is 10.1 Å². The van der Waals surface area contributed by atoms with E-state index in [1.54, 1.807) is 6.07 Å². The number of unbranched alkanes of at least 4 members (excludes halogenated alkanes) is 2. The lowest BCUT2D eigenvalue weighted by Crippen LogP contribution is -2.25. The van der Waals surface area contributed by atoms with Crippen LogP contribution in [0.3, 0.4) is 0 Å². The highest BCUT2D eigenvalue weighted by Gasteiger charge is 2.20. The first kappa shape index (κ1) is 19.8. The van der Waals surface area contributed by atoms with Crippen LogP contribution >= 0.6 is 0 Å². The molecule has 0 aliphatic carbocycles. The van der Waals surface area contributed by atoms with E-state index in [9.17, 15) is 10.1 Å². The van der Waals surface area contributed by atoms with Crippen molar-refractivity contribution in [1.82, 2.24) is 0 Å². The molecule has 0 bridgehead atoms. The Bertz CT molecular complexity index is 681. The summed E-state index contributed by atoms with van der Waals surface area (Å²) >= 11 is 0. The summed E-state index contributed by atoms with van der Waals surface area (Å²) < 4.78 is 0. The topological polar surface area (TPSA) is 55.6 Å². The van der Waals surface area contributed by atoms with E-state index in [1.807, 2.05) is 42.5 Å². The van der Waals surface area contributed by atoms with Gasteiger partial charge in [-0.25, -0.2) is 5.21 Å². The molecule has 0 aliphatic heterocycles. The maximum atomic E-state index is 11.5. The molecule has 26 heavy (non-hydrogen) atoms. The zero-order chi connectivity index (χ0) is 18.8. The van der Waals surface area contributed by atoms with Gasteiger partial charge in [0.15, 0.2) is 0 Å². The highest BCUT2D eigenvalue weighted by atomic mass is 16.6. The summed E-state index contributed by atoms with van der Waals surface area (Å²) in [7, 11) is 0. The van der Waals surface area contributed by atoms with Crippen LogP contribution in [-0.2, 0) is 6.54 Å². The molecule has 2 aromatic rings. The normalized spacial score (nSPS) is 10.5. The Labute approximate surface area is 156 Å². The second-order valence-electron chi connectivity index (χ2n) is 6.51. The van der Waals surface area contributed by atoms with Crippen LogP contribution < -0.4 is 10.2 Å². The Balaban J connectivity index is 2.22. The maximum absolute atomic E-state index is 11.5. The van der Waals surface area contributed by atoms with E-state index >= 15 is 0 Å². The summed E-state index contributed by atoms with van der Waals surface area (Å²) in [6, 6.07) is 15.6. The van der Waals surface area contributed by atoms with Gasteiger partial charge in [0.2, 0.25) is 0 Å². The fraction of sp³-hybridized carbons (Fsp3) is 0.429. The van der Waals surface area contributed by atoms with Crippen LogP contribution in [0.15, 0.2) is 48.5 Å². The quantitative estimate of drug-likeness (QED) is 0.522. The third-order valence-corrected chi connectivity index (χ3v) is 4.44. The van der Waals surface area contributed by atoms with Crippen molar-refractivity contribution >= 4 is 17.1 Å². The minimum Gasteiger partial charge on any atom is -0.375 e. The molecule has 0 fully saturated rings. The van der Waals surface area contributed by atoms with Crippen molar-refractivity contribution in [3.05, 3.63) is 59.0 Å². The van der Waals surface area contributed by atoms with Gasteiger partial charge in [-0.2, -0.15) is 0 Å². The van der Waals surface area contributed by atoms with Gasteiger partial charge >= 0.3 is 5.69 Å². The molecule has 5 nitrogen and oxygen atoms in total. The van der Waals surface area contributed by atoms with E-state index in [2.05, 4.69) is 24.1 Å². The number of rotatable bonds is 11. The molecule has 0 radical (unpaired) electrons. The Morgan fingerprint density at radius 2 is 1.65 bits per heavy atom. The maximum Gasteiger partial charge on any atom is 0.339 e. The van der Waals surface area contributed by atoms with Crippen molar-refractivity contribution in [2.24, 2.45) is 0 Å². The van der Waals surface area contributed by atoms with Gasteiger partial charge in [0.25, 0.3) is 4.92 Å². The Morgan fingerprint density at radius 3 is 2.23 bits per heavy atom. The van der Waals surface area contributed by atoms with E-state index in [1.165, 1.54) is 0 Å². The van der Waals surface area contributed by atoms with Crippen LogP contribution in [-0.4, -0.2) is 23.2 Å². The molecule has 0 spiro atoms. The van der Waals surface area contributed by atoms with E-state index in [0.29, 0.717) is 12.2 Å². The second kappa shape index (κ2) is 10.4. The van der Waals surface area contributed by atoms with Gasteiger partial charge < -0.3 is 10.2 Å². The van der Waals surface area contributed by atoms with Crippen LogP contribution in [0.25, 0.3) is 0 Å². The van der Waals surface area contributed by atoms with Gasteiger partial charge in [-0.1, -0.05) is 57.0 Å². The van der Waals surface area contributed by atoms with E-state index in [4.69, 9.17) is 0 Å². The molecule has 2 aromatic carbocycles. The third kappa shape index (κ3) is 5.76. The molecular weight excluding hydrogens is 326 g/mol. The fourth-order valence-corrected chi connectivity index (χ4v) is 2.89. The first-order valence-corrected chi connectivity index (χ1v) is 9.48. The average molecular weight is 356 g/mol. The molecule has 140 valence electrons. The van der Waals surface area contributed by atoms with Gasteiger partial charge in [0.1, 0.15) is 5.69 Å². The Kier molecular flexibility index (Phi) is 7.93. The van der Waals surface area contributed by atoms with Crippen molar-refractivity contribution in [2.45, 2.75) is 46.1 Å². The zero-order valence-electron chi connectivity index (χ0n) is 15.8. The minimum absolute atomic E-state index is 0.0699. The fourth-order valence-electron chi connectivity index (χ4n) is 2.89. The first-order valence-electron chi connectivity index (χ1n) is 9.48. The van der Waals surface area contributed by atoms with Crippen molar-refractivity contribution in [1.29, 1.82) is 0 Å². The van der Waals surface area contributed by atoms with Crippen LogP contribution in [0.5, 0.6) is 0 Å². The first-order chi connectivity index (χ1) is 12.7. The molecule has 0 unspecified atom stereocenters.